The zero-order chi connectivity index (χ0) is 15.1. The van der Waals surface area contributed by atoms with Gasteiger partial charge in [0.05, 0.1) is 0 Å². The molecule has 0 saturated heterocycles. The first-order chi connectivity index (χ1) is 10.3. The standard InChI is InChI=1S/C18H31NS2/c1-4-7-8-14(5-2)11-16(19-6-3)18-12-15-13-20-10-9-17(15)21-18/h12,14,16,19H,4-11,13H2,1-3H3. The van der Waals surface area contributed by atoms with E-state index in [0.717, 1.165) is 12.5 Å². The van der Waals surface area contributed by atoms with E-state index in [0.29, 0.717) is 6.04 Å². The Hall–Kier alpha value is 0.01000. The monoisotopic (exact) mass is 325 g/mol. The molecule has 0 radical (unpaired) electrons. The second-order valence-corrected chi connectivity index (χ2v) is 8.44. The molecule has 1 nitrogen and oxygen atoms in total. The molecule has 0 amide bonds. The number of fused-ring (bicyclic) bond motifs is 1. The molecule has 1 aliphatic heterocycles. The highest BCUT2D eigenvalue weighted by atomic mass is 32.2. The van der Waals surface area contributed by atoms with Crippen LogP contribution in [0.15, 0.2) is 6.07 Å². The van der Waals surface area contributed by atoms with Crippen molar-refractivity contribution in [2.75, 3.05) is 12.3 Å². The van der Waals surface area contributed by atoms with Gasteiger partial charge in [-0.15, -0.1) is 11.3 Å². The molecule has 0 aromatic carbocycles. The van der Waals surface area contributed by atoms with Gasteiger partial charge in [-0.1, -0.05) is 46.5 Å². The van der Waals surface area contributed by atoms with E-state index in [2.05, 4.69) is 55.3 Å². The van der Waals surface area contributed by atoms with E-state index in [1.165, 1.54) is 50.0 Å². The van der Waals surface area contributed by atoms with Gasteiger partial charge in [-0.25, -0.2) is 0 Å². The molecular formula is C18H31NS2. The lowest BCUT2D eigenvalue weighted by Gasteiger charge is -2.22. The third-order valence-corrected chi connectivity index (χ3v) is 6.91. The fraction of sp³-hybridized carbons (Fsp3) is 0.778. The average Bonchev–Trinajstić information content (AvgIpc) is 2.94. The number of hydrogen-bond acceptors (Lipinski definition) is 3. The molecule has 0 fully saturated rings. The smallest absolute Gasteiger partial charge is 0.0417 e. The van der Waals surface area contributed by atoms with Gasteiger partial charge in [0.1, 0.15) is 0 Å². The van der Waals surface area contributed by atoms with E-state index in [1.807, 2.05) is 0 Å². The maximum Gasteiger partial charge on any atom is 0.0417 e. The van der Waals surface area contributed by atoms with Crippen molar-refractivity contribution in [1.82, 2.24) is 5.32 Å². The van der Waals surface area contributed by atoms with Crippen LogP contribution < -0.4 is 5.32 Å². The number of unbranched alkanes of at least 4 members (excludes halogenated alkanes) is 1. The summed E-state index contributed by atoms with van der Waals surface area (Å²) in [6.45, 7) is 7.98. The molecule has 0 saturated carbocycles. The minimum Gasteiger partial charge on any atom is -0.310 e. The fourth-order valence-electron chi connectivity index (χ4n) is 3.20. The van der Waals surface area contributed by atoms with Crippen LogP contribution >= 0.6 is 23.1 Å². The van der Waals surface area contributed by atoms with Crippen LogP contribution in [0.4, 0.5) is 0 Å². The summed E-state index contributed by atoms with van der Waals surface area (Å²) < 4.78 is 0. The molecule has 2 rings (SSSR count). The molecule has 0 aliphatic carbocycles. The summed E-state index contributed by atoms with van der Waals surface area (Å²) >= 11 is 4.18. The van der Waals surface area contributed by atoms with Crippen molar-refractivity contribution in [3.8, 4) is 0 Å². The van der Waals surface area contributed by atoms with Crippen LogP contribution in [0.3, 0.4) is 0 Å². The number of hydrogen-bond donors (Lipinski definition) is 1. The Morgan fingerprint density at radius 2 is 2.14 bits per heavy atom. The number of aryl methyl sites for hydroxylation is 1. The lowest BCUT2D eigenvalue weighted by atomic mass is 9.91. The Balaban J connectivity index is 2.04. The maximum atomic E-state index is 3.75. The van der Waals surface area contributed by atoms with Gasteiger partial charge in [-0.2, -0.15) is 11.8 Å². The molecule has 1 aliphatic rings. The van der Waals surface area contributed by atoms with Crippen LogP contribution in [-0.4, -0.2) is 12.3 Å². The summed E-state index contributed by atoms with van der Waals surface area (Å²) in [6, 6.07) is 3.09. The van der Waals surface area contributed by atoms with Gasteiger partial charge in [0.2, 0.25) is 0 Å². The molecule has 2 atom stereocenters. The summed E-state index contributed by atoms with van der Waals surface area (Å²) in [5.41, 5.74) is 1.62. The highest BCUT2D eigenvalue weighted by molar-refractivity contribution is 7.98. The molecule has 1 aromatic heterocycles. The van der Waals surface area contributed by atoms with Gasteiger partial charge in [-0.3, -0.25) is 0 Å². The number of thioether (sulfide) groups is 1. The molecule has 0 bridgehead atoms. The number of rotatable bonds is 9. The highest BCUT2D eigenvalue weighted by Gasteiger charge is 2.21. The summed E-state index contributed by atoms with van der Waals surface area (Å²) in [5.74, 6) is 3.42. The van der Waals surface area contributed by atoms with Crippen molar-refractivity contribution >= 4 is 23.1 Å². The topological polar surface area (TPSA) is 12.0 Å². The van der Waals surface area contributed by atoms with E-state index < -0.39 is 0 Å². The van der Waals surface area contributed by atoms with Crippen LogP contribution in [0.1, 0.15) is 74.2 Å². The first-order valence-corrected chi connectivity index (χ1v) is 10.7. The molecule has 2 unspecified atom stereocenters. The summed E-state index contributed by atoms with van der Waals surface area (Å²) in [6.07, 6.45) is 8.04. The van der Waals surface area contributed by atoms with E-state index >= 15 is 0 Å². The zero-order valence-corrected chi connectivity index (χ0v) is 15.5. The van der Waals surface area contributed by atoms with Crippen LogP contribution in [0, 0.1) is 5.92 Å². The van der Waals surface area contributed by atoms with Crippen molar-refractivity contribution in [1.29, 1.82) is 0 Å². The Morgan fingerprint density at radius 3 is 2.81 bits per heavy atom. The van der Waals surface area contributed by atoms with Gasteiger partial charge in [0.25, 0.3) is 0 Å². The normalized spacial score (nSPS) is 17.5. The van der Waals surface area contributed by atoms with Crippen LogP contribution in [-0.2, 0) is 12.2 Å². The first-order valence-electron chi connectivity index (χ1n) is 8.71. The summed E-state index contributed by atoms with van der Waals surface area (Å²) in [4.78, 5) is 3.26. The van der Waals surface area contributed by atoms with Crippen molar-refractivity contribution < 1.29 is 0 Å². The molecule has 21 heavy (non-hydrogen) atoms. The summed E-state index contributed by atoms with van der Waals surface area (Å²) in [5, 5.41) is 3.75. The number of nitrogens with one attached hydrogen (secondary N) is 1. The Morgan fingerprint density at radius 1 is 1.29 bits per heavy atom. The Kier molecular flexibility index (Phi) is 7.62. The second kappa shape index (κ2) is 9.22. The molecule has 3 heteroatoms. The van der Waals surface area contributed by atoms with Crippen LogP contribution in [0.5, 0.6) is 0 Å². The predicted molar refractivity (Wildman–Crippen MR) is 98.5 cm³/mol. The van der Waals surface area contributed by atoms with Crippen LogP contribution in [0.25, 0.3) is 0 Å². The molecule has 0 spiro atoms. The van der Waals surface area contributed by atoms with Crippen molar-refractivity contribution in [2.24, 2.45) is 5.92 Å². The lowest BCUT2D eigenvalue weighted by molar-refractivity contribution is 0.359. The largest absolute Gasteiger partial charge is 0.310 e. The maximum absolute atomic E-state index is 3.75. The molecule has 1 aromatic rings. The molecule has 1 N–H and O–H groups in total. The third-order valence-electron chi connectivity index (χ3n) is 4.55. The van der Waals surface area contributed by atoms with Crippen molar-refractivity contribution in [3.63, 3.8) is 0 Å². The van der Waals surface area contributed by atoms with Gasteiger partial charge < -0.3 is 5.32 Å². The minimum atomic E-state index is 0.581. The predicted octanol–water partition coefficient (Wildman–Crippen LogP) is 5.79. The van der Waals surface area contributed by atoms with E-state index in [9.17, 15) is 0 Å². The highest BCUT2D eigenvalue weighted by Crippen LogP contribution is 2.37. The quantitative estimate of drug-likeness (QED) is 0.616. The fourth-order valence-corrected chi connectivity index (χ4v) is 5.67. The molecule has 120 valence electrons. The first kappa shape index (κ1) is 17.4. The Bertz CT molecular complexity index is 390. The average molecular weight is 326 g/mol. The molecular weight excluding hydrogens is 294 g/mol. The van der Waals surface area contributed by atoms with E-state index in [-0.39, 0.29) is 0 Å². The van der Waals surface area contributed by atoms with E-state index in [1.54, 1.807) is 15.3 Å². The van der Waals surface area contributed by atoms with Crippen molar-refractivity contribution in [2.45, 2.75) is 71.1 Å². The Labute approximate surface area is 139 Å². The number of thiophene rings is 1. The SMILES string of the molecule is CCCCC(CC)CC(NCC)c1cc2c(s1)CCSC2. The second-order valence-electron chi connectivity index (χ2n) is 6.16. The van der Waals surface area contributed by atoms with Crippen LogP contribution in [0.2, 0.25) is 0 Å². The van der Waals surface area contributed by atoms with Crippen molar-refractivity contribution in [3.05, 3.63) is 21.4 Å². The van der Waals surface area contributed by atoms with Gasteiger partial charge in [0.15, 0.2) is 0 Å². The minimum absolute atomic E-state index is 0.581. The zero-order valence-electron chi connectivity index (χ0n) is 13.9. The third kappa shape index (κ3) is 5.01. The molecule has 2 heterocycles. The van der Waals surface area contributed by atoms with Gasteiger partial charge in [0, 0.05) is 21.5 Å². The summed E-state index contributed by atoms with van der Waals surface area (Å²) in [7, 11) is 0. The van der Waals surface area contributed by atoms with Gasteiger partial charge >= 0.3 is 0 Å². The van der Waals surface area contributed by atoms with E-state index in [4.69, 9.17) is 0 Å². The van der Waals surface area contributed by atoms with Gasteiger partial charge in [-0.05, 0) is 42.7 Å². The lowest BCUT2D eigenvalue weighted by Crippen LogP contribution is -2.22.